The molecule has 6 N–H and O–H groups in total. The minimum absolute atomic E-state index is 0.0477. The zero-order valence-electron chi connectivity index (χ0n) is 17.1. The van der Waals surface area contributed by atoms with Crippen LogP contribution in [0.3, 0.4) is 0 Å². The van der Waals surface area contributed by atoms with Gasteiger partial charge < -0.3 is 31.7 Å². The zero-order valence-corrected chi connectivity index (χ0v) is 18.0. The molecule has 2 heterocycles. The number of hydrogen-bond donors (Lipinski definition) is 6. The molecule has 10 nitrogen and oxygen atoms in total. The Morgan fingerprint density at radius 1 is 1.10 bits per heavy atom. The molecule has 0 aromatic heterocycles. The Labute approximate surface area is 182 Å². The van der Waals surface area contributed by atoms with E-state index in [1.54, 1.807) is 0 Å². The van der Waals surface area contributed by atoms with Gasteiger partial charge >= 0.3 is 5.97 Å². The molecular weight excluding hydrogens is 410 g/mol. The third-order valence-electron chi connectivity index (χ3n) is 5.57. The molecule has 2 rings (SSSR count). The molecule has 3 amide bonds. The maximum atomic E-state index is 13.2. The molecule has 0 saturated carbocycles. The van der Waals surface area contributed by atoms with Crippen molar-refractivity contribution in [2.45, 2.75) is 69.1 Å². The molecule has 2 saturated heterocycles. The van der Waals surface area contributed by atoms with E-state index in [4.69, 9.17) is 10.8 Å². The lowest BCUT2D eigenvalue weighted by atomic mass is 10.1. The van der Waals surface area contributed by atoms with Crippen molar-refractivity contribution in [3.8, 4) is 0 Å². The molecule has 2 fully saturated rings. The van der Waals surface area contributed by atoms with Gasteiger partial charge in [-0.1, -0.05) is 0 Å². The van der Waals surface area contributed by atoms with E-state index < -0.39 is 30.0 Å². The van der Waals surface area contributed by atoms with Gasteiger partial charge in [-0.25, -0.2) is 4.79 Å². The number of nitrogens with zero attached hydrogens (tertiary/aromatic N) is 1. The summed E-state index contributed by atoms with van der Waals surface area (Å²) in [6, 6.07) is -2.91. The zero-order chi connectivity index (χ0) is 22.1. The molecule has 0 aromatic carbocycles. The van der Waals surface area contributed by atoms with Crippen molar-refractivity contribution in [3.05, 3.63) is 0 Å². The molecular formula is C19H33N5O5S. The van der Waals surface area contributed by atoms with Crippen molar-refractivity contribution in [1.29, 1.82) is 0 Å². The first kappa shape index (κ1) is 24.4. The summed E-state index contributed by atoms with van der Waals surface area (Å²) < 4.78 is 0. The quantitative estimate of drug-likeness (QED) is 0.174. The van der Waals surface area contributed by atoms with Gasteiger partial charge in [-0.15, -0.1) is 0 Å². The number of aliphatic carboxylic acids is 1. The smallest absolute Gasteiger partial charge is 0.327 e. The van der Waals surface area contributed by atoms with E-state index in [0.29, 0.717) is 38.8 Å². The predicted octanol–water partition coefficient (Wildman–Crippen LogP) is -1.16. The first-order valence-electron chi connectivity index (χ1n) is 10.6. The Kier molecular flexibility index (Phi) is 9.86. The van der Waals surface area contributed by atoms with E-state index in [9.17, 15) is 19.2 Å². The molecule has 170 valence electrons. The van der Waals surface area contributed by atoms with E-state index in [1.165, 1.54) is 4.90 Å². The number of hydrogen-bond acceptors (Lipinski definition) is 7. The Morgan fingerprint density at radius 2 is 1.83 bits per heavy atom. The third kappa shape index (κ3) is 6.58. The number of carboxylic acid groups (broad SMARTS) is 1. The minimum atomic E-state index is -1.18. The van der Waals surface area contributed by atoms with Crippen LogP contribution in [0.25, 0.3) is 0 Å². The van der Waals surface area contributed by atoms with Gasteiger partial charge in [0.25, 0.3) is 0 Å². The van der Waals surface area contributed by atoms with Gasteiger partial charge in [-0.2, -0.15) is 12.6 Å². The number of nitrogens with one attached hydrogen (secondary N) is 3. The molecule has 4 unspecified atom stereocenters. The highest BCUT2D eigenvalue weighted by Gasteiger charge is 2.39. The monoisotopic (exact) mass is 443 g/mol. The van der Waals surface area contributed by atoms with Gasteiger partial charge in [-0.05, 0) is 58.0 Å². The summed E-state index contributed by atoms with van der Waals surface area (Å²) in [4.78, 5) is 51.1. The van der Waals surface area contributed by atoms with Crippen molar-refractivity contribution < 1.29 is 24.3 Å². The van der Waals surface area contributed by atoms with Crippen molar-refractivity contribution in [2.24, 2.45) is 5.73 Å². The number of carbonyl (C=O) groups excluding carboxylic acids is 3. The maximum absolute atomic E-state index is 13.2. The maximum Gasteiger partial charge on any atom is 0.327 e. The average Bonchev–Trinajstić information content (AvgIpc) is 3.42. The second kappa shape index (κ2) is 12.1. The first-order chi connectivity index (χ1) is 14.4. The summed E-state index contributed by atoms with van der Waals surface area (Å²) in [5.74, 6) is -2.25. The van der Waals surface area contributed by atoms with E-state index in [0.717, 1.165) is 25.8 Å². The van der Waals surface area contributed by atoms with Crippen LogP contribution in [0.4, 0.5) is 0 Å². The number of likely N-dealkylation sites (tertiary alicyclic amines) is 1. The molecule has 0 radical (unpaired) electrons. The van der Waals surface area contributed by atoms with Crippen LogP contribution in [-0.4, -0.2) is 83.3 Å². The van der Waals surface area contributed by atoms with Crippen LogP contribution in [0.15, 0.2) is 0 Å². The van der Waals surface area contributed by atoms with Crippen LogP contribution in [0.1, 0.15) is 44.9 Å². The Hall–Kier alpha value is -1.85. The lowest BCUT2D eigenvalue weighted by Crippen LogP contribution is -2.56. The largest absolute Gasteiger partial charge is 0.480 e. The van der Waals surface area contributed by atoms with E-state index in [1.807, 2.05) is 0 Å². The van der Waals surface area contributed by atoms with Gasteiger partial charge in [0.15, 0.2) is 0 Å². The van der Waals surface area contributed by atoms with Gasteiger partial charge in [0.05, 0.1) is 6.04 Å². The number of nitrogens with two attached hydrogens (primary N) is 1. The third-order valence-corrected chi connectivity index (χ3v) is 5.94. The average molecular weight is 444 g/mol. The highest BCUT2D eigenvalue weighted by Crippen LogP contribution is 2.20. The summed E-state index contributed by atoms with van der Waals surface area (Å²) >= 11 is 3.96. The van der Waals surface area contributed by atoms with Crippen molar-refractivity contribution in [3.63, 3.8) is 0 Å². The molecule has 2 aliphatic heterocycles. The molecule has 11 heteroatoms. The molecule has 0 aromatic rings. The minimum Gasteiger partial charge on any atom is -0.480 e. The molecule has 30 heavy (non-hydrogen) atoms. The summed E-state index contributed by atoms with van der Waals surface area (Å²) in [5.41, 5.74) is 5.56. The SMILES string of the molecule is NCCCCC(NC(=O)C1CCCN1)C(=O)N1CCCC1C(=O)NC(CS)C(=O)O. The molecule has 4 atom stereocenters. The number of thiol groups is 1. The summed E-state index contributed by atoms with van der Waals surface area (Å²) in [6.07, 6.45) is 4.57. The van der Waals surface area contributed by atoms with Crippen molar-refractivity contribution in [1.82, 2.24) is 20.9 Å². The second-order valence-corrected chi connectivity index (χ2v) is 8.13. The molecule has 0 aliphatic carbocycles. The normalized spacial score (nSPS) is 23.1. The summed E-state index contributed by atoms with van der Waals surface area (Å²) in [5, 5.41) is 17.6. The lowest BCUT2D eigenvalue weighted by molar-refractivity contribution is -0.144. The number of carbonyl (C=O) groups is 4. The standard InChI is InChI=1S/C19H33N5O5S/c20-8-2-1-5-13(22-16(25)12-6-3-9-21-12)18(27)24-10-4-7-15(24)17(26)23-14(11-30)19(28)29/h12-15,21,30H,1-11,20H2,(H,22,25)(H,23,26)(H,28,29). The number of unbranched alkanes of at least 4 members (excludes halogenated alkanes) is 1. The number of amides is 3. The first-order valence-corrected chi connectivity index (χ1v) is 11.2. The van der Waals surface area contributed by atoms with Crippen LogP contribution < -0.4 is 21.7 Å². The summed E-state index contributed by atoms with van der Waals surface area (Å²) in [7, 11) is 0. The van der Waals surface area contributed by atoms with Gasteiger partial charge in [0.1, 0.15) is 18.1 Å². The highest BCUT2D eigenvalue weighted by molar-refractivity contribution is 7.80. The topological polar surface area (TPSA) is 154 Å². The van der Waals surface area contributed by atoms with Crippen molar-refractivity contribution in [2.75, 3.05) is 25.4 Å². The predicted molar refractivity (Wildman–Crippen MR) is 114 cm³/mol. The van der Waals surface area contributed by atoms with Crippen LogP contribution in [0, 0.1) is 0 Å². The van der Waals surface area contributed by atoms with Gasteiger partial charge in [-0.3, -0.25) is 14.4 Å². The fourth-order valence-electron chi connectivity index (χ4n) is 3.89. The highest BCUT2D eigenvalue weighted by atomic mass is 32.1. The molecule has 0 spiro atoms. The van der Waals surface area contributed by atoms with Crippen LogP contribution in [0.5, 0.6) is 0 Å². The van der Waals surface area contributed by atoms with E-state index in [2.05, 4.69) is 28.6 Å². The van der Waals surface area contributed by atoms with Gasteiger partial charge in [0, 0.05) is 12.3 Å². The fourth-order valence-corrected chi connectivity index (χ4v) is 4.13. The second-order valence-electron chi connectivity index (χ2n) is 7.77. The van der Waals surface area contributed by atoms with E-state index in [-0.39, 0.29) is 23.6 Å². The number of rotatable bonds is 11. The van der Waals surface area contributed by atoms with Crippen LogP contribution in [-0.2, 0) is 19.2 Å². The molecule has 0 bridgehead atoms. The van der Waals surface area contributed by atoms with Crippen LogP contribution in [0.2, 0.25) is 0 Å². The van der Waals surface area contributed by atoms with Crippen LogP contribution >= 0.6 is 12.6 Å². The lowest BCUT2D eigenvalue weighted by Gasteiger charge is -2.30. The Bertz CT molecular complexity index is 628. The Balaban J connectivity index is 2.06. The fraction of sp³-hybridized carbons (Fsp3) is 0.789. The Morgan fingerprint density at radius 3 is 2.43 bits per heavy atom. The molecule has 2 aliphatic rings. The summed E-state index contributed by atoms with van der Waals surface area (Å²) in [6.45, 7) is 1.66. The van der Waals surface area contributed by atoms with Gasteiger partial charge in [0.2, 0.25) is 17.7 Å². The van der Waals surface area contributed by atoms with Crippen molar-refractivity contribution >= 4 is 36.3 Å². The van der Waals surface area contributed by atoms with E-state index >= 15 is 0 Å². The number of carboxylic acids is 1.